The van der Waals surface area contributed by atoms with Gasteiger partial charge in [0.05, 0.1) is 30.5 Å². The van der Waals surface area contributed by atoms with Gasteiger partial charge in [-0.3, -0.25) is 14.4 Å². The van der Waals surface area contributed by atoms with Crippen molar-refractivity contribution in [1.29, 1.82) is 0 Å². The molecule has 3 heterocycles. The third-order valence-corrected chi connectivity index (χ3v) is 12.0. The molecule has 56 heavy (non-hydrogen) atoms. The van der Waals surface area contributed by atoms with Crippen LogP contribution < -0.4 is 5.32 Å². The number of amides is 1. The largest absolute Gasteiger partial charge is 0.458 e. The second-order valence-electron chi connectivity index (χ2n) is 16.7. The molecule has 3 aliphatic rings. The first-order chi connectivity index (χ1) is 26.2. The monoisotopic (exact) mass is 782 g/mol. The van der Waals surface area contributed by atoms with Gasteiger partial charge in [0, 0.05) is 24.3 Å². The fourth-order valence-electron chi connectivity index (χ4n) is 8.89. The number of rotatable bonds is 8. The van der Waals surface area contributed by atoms with Crippen LogP contribution in [-0.2, 0) is 38.1 Å². The number of likely N-dealkylation sites (N-methyl/N-ethyl adjacent to an activating group) is 1. The number of alkyl halides is 1. The minimum absolute atomic E-state index is 0.0882. The third kappa shape index (κ3) is 8.87. The number of halogens is 1. The van der Waals surface area contributed by atoms with E-state index in [-0.39, 0.29) is 25.2 Å². The number of aliphatic hydroxyl groups is 1. The van der Waals surface area contributed by atoms with Crippen molar-refractivity contribution in [3.8, 4) is 0 Å². The van der Waals surface area contributed by atoms with Crippen LogP contribution in [0.5, 0.6) is 0 Å². The van der Waals surface area contributed by atoms with E-state index in [0.29, 0.717) is 6.42 Å². The number of ether oxygens (including phenoxy) is 5. The van der Waals surface area contributed by atoms with Crippen molar-refractivity contribution in [1.82, 2.24) is 10.2 Å². The van der Waals surface area contributed by atoms with Crippen molar-refractivity contribution in [2.24, 2.45) is 17.8 Å². The van der Waals surface area contributed by atoms with Crippen molar-refractivity contribution >= 4 is 40.5 Å². The minimum Gasteiger partial charge on any atom is -0.458 e. The molecule has 0 aromatic heterocycles. The first kappa shape index (κ1) is 43.4. The fourth-order valence-corrected chi connectivity index (χ4v) is 8.89. The second kappa shape index (κ2) is 17.0. The van der Waals surface area contributed by atoms with Gasteiger partial charge in [-0.2, -0.15) is 0 Å². The van der Waals surface area contributed by atoms with E-state index in [9.17, 15) is 24.3 Å². The number of nitrogens with one attached hydrogen (secondary N) is 1. The van der Waals surface area contributed by atoms with Crippen LogP contribution in [0.25, 0.3) is 16.8 Å². The summed E-state index contributed by atoms with van der Waals surface area (Å²) < 4.78 is 48.4. The highest BCUT2D eigenvalue weighted by molar-refractivity contribution is 6.00. The van der Waals surface area contributed by atoms with Gasteiger partial charge < -0.3 is 39.0 Å². The number of carbonyl (C=O) groups excluding carboxylic acids is 4. The molecule has 13 atom stereocenters. The number of carbonyl (C=O) groups is 4. The number of benzene rings is 2. The van der Waals surface area contributed by atoms with Gasteiger partial charge in [-0.15, -0.1) is 0 Å². The summed E-state index contributed by atoms with van der Waals surface area (Å²) in [5.41, 5.74) is -5.03. The highest BCUT2D eigenvalue weighted by Crippen LogP contribution is 2.42. The van der Waals surface area contributed by atoms with E-state index in [0.717, 1.165) is 23.3 Å². The zero-order chi connectivity index (χ0) is 41.3. The smallest absolute Gasteiger partial charge is 0.408 e. The van der Waals surface area contributed by atoms with Gasteiger partial charge in [-0.1, -0.05) is 69.3 Å². The lowest BCUT2D eigenvalue weighted by Crippen LogP contribution is -2.62. The summed E-state index contributed by atoms with van der Waals surface area (Å²) in [7, 11) is 3.65. The standard InChI is InChI=1S/C43H59FN2O10/c1-11-32-43(8)35(45-40(51)56-43)27(5)36(49)41(6,44)23-42(7,52-20-14-15-28-18-19-29-16-12-13-17-30(29)22-28)37(25(3)33(47)26(4)38(50)54-32)55-39-34(48)31(46(9)10)21-24(2)53-39/h12-19,22,24-27,31-32,34-35,37,39,48H,11,20-21,23H2,1-10H3,(H,45,51)/b15-14+/t24-,25+,26-,27-,31+,32-,34-,35+,37-,39+,41+,42-,43-/m1/s1. The van der Waals surface area contributed by atoms with E-state index >= 15 is 4.39 Å². The van der Waals surface area contributed by atoms with Gasteiger partial charge in [0.2, 0.25) is 0 Å². The topological polar surface area (TPSA) is 150 Å². The Morgan fingerprint density at radius 3 is 2.34 bits per heavy atom. The lowest BCUT2D eigenvalue weighted by molar-refractivity contribution is -0.297. The number of Topliss-reactive ketones (excluding diaryl/α,β-unsaturated/α-hetero) is 2. The molecule has 1 amide bonds. The number of esters is 1. The number of hydrogen-bond donors (Lipinski definition) is 2. The predicted octanol–water partition coefficient (Wildman–Crippen LogP) is 5.81. The molecule has 0 aliphatic carbocycles. The lowest BCUT2D eigenvalue weighted by atomic mass is 9.72. The molecule has 2 N–H and O–H groups in total. The van der Waals surface area contributed by atoms with E-state index in [1.807, 2.05) is 74.5 Å². The Labute approximate surface area is 329 Å². The summed E-state index contributed by atoms with van der Waals surface area (Å²) in [4.78, 5) is 57.2. The Hall–Kier alpha value is -3.75. The van der Waals surface area contributed by atoms with Crippen LogP contribution in [0.2, 0.25) is 0 Å². The van der Waals surface area contributed by atoms with Crippen molar-refractivity contribution < 1.29 is 52.4 Å². The zero-order valence-electron chi connectivity index (χ0n) is 34.2. The Morgan fingerprint density at radius 2 is 1.68 bits per heavy atom. The molecule has 3 aliphatic heterocycles. The highest BCUT2D eigenvalue weighted by atomic mass is 19.1. The molecule has 0 bridgehead atoms. The Balaban J connectivity index is 1.59. The number of fused-ring (bicyclic) bond motifs is 2. The molecule has 0 saturated carbocycles. The van der Waals surface area contributed by atoms with E-state index in [1.165, 1.54) is 20.8 Å². The molecule has 3 fully saturated rings. The Bertz CT molecular complexity index is 1800. The molecule has 12 nitrogen and oxygen atoms in total. The number of alkyl carbamates (subject to hydrolysis) is 1. The lowest BCUT2D eigenvalue weighted by Gasteiger charge is -2.48. The third-order valence-electron chi connectivity index (χ3n) is 12.0. The number of nitrogens with zero attached hydrogens (tertiary/aromatic N) is 1. The van der Waals surface area contributed by atoms with Gasteiger partial charge in [-0.25, -0.2) is 9.18 Å². The molecule has 308 valence electrons. The van der Waals surface area contributed by atoms with E-state index in [4.69, 9.17) is 23.7 Å². The highest BCUT2D eigenvalue weighted by Gasteiger charge is 2.59. The summed E-state index contributed by atoms with van der Waals surface area (Å²) in [6.45, 7) is 12.2. The quantitative estimate of drug-likeness (QED) is 0.247. The zero-order valence-corrected chi connectivity index (χ0v) is 34.2. The average Bonchev–Trinajstić information content (AvgIpc) is 3.47. The van der Waals surface area contributed by atoms with E-state index in [1.54, 1.807) is 26.8 Å². The SMILES string of the molecule is CC[C@H]1OC(=O)[C@H](C)C(=O)[C@H](C)[C@@H](O[C@@H]2O[C@H](C)C[C@H](N(C)C)[C@H]2O)[C@](C)(OC/C=C/c2ccc3ccccc3c2)C[C@](C)(F)C(=O)[C@H](C)[C@@H]2NC(=O)O[C@]12C. The molecule has 2 aromatic carbocycles. The fraction of sp³-hybridized carbons (Fsp3) is 0.628. The number of cyclic esters (lactones) is 1. The number of aliphatic hydroxyl groups excluding tert-OH is 1. The van der Waals surface area contributed by atoms with Gasteiger partial charge in [0.1, 0.15) is 18.1 Å². The summed E-state index contributed by atoms with van der Waals surface area (Å²) in [5, 5.41) is 16.3. The summed E-state index contributed by atoms with van der Waals surface area (Å²) in [6.07, 6.45) is -2.40. The normalized spacial score (nSPS) is 38.9. The van der Waals surface area contributed by atoms with Crippen molar-refractivity contribution in [2.45, 2.75) is 134 Å². The Morgan fingerprint density at radius 1 is 1.00 bits per heavy atom. The molecular formula is C43H59FN2O10. The minimum atomic E-state index is -2.62. The molecule has 2 aromatic rings. The summed E-state index contributed by atoms with van der Waals surface area (Å²) in [6, 6.07) is 12.5. The maximum Gasteiger partial charge on any atom is 0.408 e. The van der Waals surface area contributed by atoms with Crippen LogP contribution in [0.1, 0.15) is 80.2 Å². The van der Waals surface area contributed by atoms with Crippen LogP contribution in [0.3, 0.4) is 0 Å². The molecule has 0 unspecified atom stereocenters. The maximum absolute atomic E-state index is 17.5. The summed E-state index contributed by atoms with van der Waals surface area (Å²) >= 11 is 0. The van der Waals surface area contributed by atoms with Crippen LogP contribution in [0.15, 0.2) is 48.5 Å². The molecular weight excluding hydrogens is 723 g/mol. The van der Waals surface area contributed by atoms with Gasteiger partial charge in [0.25, 0.3) is 0 Å². The summed E-state index contributed by atoms with van der Waals surface area (Å²) in [5.74, 6) is -5.98. The average molecular weight is 783 g/mol. The van der Waals surface area contributed by atoms with Crippen molar-refractivity contribution in [3.05, 3.63) is 54.1 Å². The molecule has 5 rings (SSSR count). The van der Waals surface area contributed by atoms with Crippen LogP contribution in [-0.4, -0.2) is 114 Å². The van der Waals surface area contributed by atoms with Crippen molar-refractivity contribution in [3.63, 3.8) is 0 Å². The first-order valence-corrected chi connectivity index (χ1v) is 19.6. The molecule has 3 saturated heterocycles. The predicted molar refractivity (Wildman–Crippen MR) is 208 cm³/mol. The van der Waals surface area contributed by atoms with Gasteiger partial charge >= 0.3 is 12.1 Å². The number of ketones is 2. The van der Waals surface area contributed by atoms with E-state index < -0.39 is 95.3 Å². The van der Waals surface area contributed by atoms with Crippen LogP contribution >= 0.6 is 0 Å². The second-order valence-corrected chi connectivity index (χ2v) is 16.7. The number of hydrogen-bond acceptors (Lipinski definition) is 11. The van der Waals surface area contributed by atoms with E-state index in [2.05, 4.69) is 5.32 Å². The molecule has 13 heteroatoms. The molecule has 0 spiro atoms. The van der Waals surface area contributed by atoms with Crippen LogP contribution in [0.4, 0.5) is 9.18 Å². The van der Waals surface area contributed by atoms with Crippen molar-refractivity contribution in [2.75, 3.05) is 20.7 Å². The maximum atomic E-state index is 17.5. The Kier molecular flexibility index (Phi) is 13.2. The van der Waals surface area contributed by atoms with Gasteiger partial charge in [0.15, 0.2) is 29.1 Å². The van der Waals surface area contributed by atoms with Gasteiger partial charge in [-0.05, 0) is 84.0 Å². The van der Waals surface area contributed by atoms with Crippen LogP contribution in [0, 0.1) is 17.8 Å². The first-order valence-electron chi connectivity index (χ1n) is 19.6. The molecule has 0 radical (unpaired) electrons.